The first kappa shape index (κ1) is 10.5. The van der Waals surface area contributed by atoms with Gasteiger partial charge in [-0.15, -0.1) is 0 Å². The fourth-order valence-corrected chi connectivity index (χ4v) is 1.66. The molecule has 0 aromatic heterocycles. The Labute approximate surface area is 80.7 Å². The van der Waals surface area contributed by atoms with Gasteiger partial charge < -0.3 is 4.90 Å². The maximum absolute atomic E-state index is 9.03. The van der Waals surface area contributed by atoms with Crippen molar-refractivity contribution in [2.45, 2.75) is 38.3 Å². The first-order chi connectivity index (χ1) is 6.11. The van der Waals surface area contributed by atoms with Crippen LogP contribution in [0.1, 0.15) is 26.7 Å². The Hall–Kier alpha value is -0.590. The molecule has 0 aliphatic heterocycles. The van der Waals surface area contributed by atoms with Crippen LogP contribution in [0.4, 0.5) is 0 Å². The largest absolute Gasteiger partial charge is 0.301 e. The maximum atomic E-state index is 9.03. The Balaban J connectivity index is 2.42. The third-order valence-electron chi connectivity index (χ3n) is 2.55. The summed E-state index contributed by atoms with van der Waals surface area (Å²) in [6.45, 7) is 5.67. The van der Waals surface area contributed by atoms with Gasteiger partial charge in [0.05, 0.1) is 6.07 Å². The second-order valence-electron chi connectivity index (χ2n) is 4.12. The minimum Gasteiger partial charge on any atom is -0.301 e. The predicted octanol–water partition coefficient (Wildman–Crippen LogP) is 0.972. The summed E-state index contributed by atoms with van der Waals surface area (Å²) >= 11 is 0. The molecule has 0 aromatic carbocycles. The van der Waals surface area contributed by atoms with Gasteiger partial charge in [0.25, 0.3) is 0 Å². The van der Waals surface area contributed by atoms with Crippen molar-refractivity contribution in [1.82, 2.24) is 10.2 Å². The third kappa shape index (κ3) is 2.98. The Bertz CT molecular complexity index is 205. The molecule has 1 fully saturated rings. The van der Waals surface area contributed by atoms with Crippen molar-refractivity contribution in [3.63, 3.8) is 0 Å². The van der Waals surface area contributed by atoms with Gasteiger partial charge in [-0.2, -0.15) is 5.26 Å². The molecule has 0 spiro atoms. The number of nitrogens with zero attached hydrogens (tertiary/aromatic N) is 2. The van der Waals surface area contributed by atoms with Crippen molar-refractivity contribution < 1.29 is 0 Å². The molecular weight excluding hydrogens is 162 g/mol. The van der Waals surface area contributed by atoms with E-state index in [1.165, 1.54) is 12.8 Å². The highest BCUT2D eigenvalue weighted by Gasteiger charge is 2.32. The lowest BCUT2D eigenvalue weighted by Gasteiger charge is -2.28. The van der Waals surface area contributed by atoms with Crippen molar-refractivity contribution in [2.24, 2.45) is 0 Å². The Morgan fingerprint density at radius 3 is 2.62 bits per heavy atom. The molecule has 1 rings (SSSR count). The topological polar surface area (TPSA) is 39.1 Å². The van der Waals surface area contributed by atoms with Gasteiger partial charge in [0.15, 0.2) is 0 Å². The number of hydrogen-bond donors (Lipinski definition) is 1. The Morgan fingerprint density at radius 1 is 1.62 bits per heavy atom. The summed E-state index contributed by atoms with van der Waals surface area (Å²) in [5, 5.41) is 12.2. The van der Waals surface area contributed by atoms with Gasteiger partial charge in [-0.25, -0.2) is 0 Å². The predicted molar refractivity (Wildman–Crippen MR) is 53.3 cm³/mol. The van der Waals surface area contributed by atoms with Gasteiger partial charge in [0.2, 0.25) is 0 Å². The highest BCUT2D eigenvalue weighted by Crippen LogP contribution is 2.26. The lowest BCUT2D eigenvalue weighted by molar-refractivity contribution is 0.254. The quantitative estimate of drug-likeness (QED) is 0.687. The molecule has 0 amide bonds. The van der Waals surface area contributed by atoms with Gasteiger partial charge in [-0.3, -0.25) is 5.32 Å². The number of likely N-dealkylation sites (N-methyl/N-ethyl adjacent to an activating group) is 2. The molecule has 0 radical (unpaired) electrons. The van der Waals surface area contributed by atoms with Crippen LogP contribution in [0.15, 0.2) is 0 Å². The van der Waals surface area contributed by atoms with Gasteiger partial charge >= 0.3 is 0 Å². The average Bonchev–Trinajstić information content (AvgIpc) is 2.87. The van der Waals surface area contributed by atoms with Crippen LogP contribution >= 0.6 is 0 Å². The number of rotatable bonds is 5. The molecule has 1 aliphatic rings. The van der Waals surface area contributed by atoms with E-state index in [0.29, 0.717) is 0 Å². The molecular formula is C10H19N3. The van der Waals surface area contributed by atoms with E-state index in [1.807, 2.05) is 13.8 Å². The van der Waals surface area contributed by atoms with Gasteiger partial charge in [0.1, 0.15) is 5.54 Å². The first-order valence-corrected chi connectivity index (χ1v) is 4.98. The molecule has 0 heterocycles. The molecule has 1 atom stereocenters. The molecule has 0 bridgehead atoms. The van der Waals surface area contributed by atoms with E-state index >= 15 is 0 Å². The monoisotopic (exact) mass is 181 g/mol. The average molecular weight is 181 g/mol. The summed E-state index contributed by atoms with van der Waals surface area (Å²) in [5.74, 6) is 0. The van der Waals surface area contributed by atoms with Crippen LogP contribution in [0.2, 0.25) is 0 Å². The van der Waals surface area contributed by atoms with Crippen LogP contribution in [-0.4, -0.2) is 36.6 Å². The number of nitriles is 1. The number of nitrogens with one attached hydrogen (secondary N) is 1. The van der Waals surface area contributed by atoms with E-state index in [4.69, 9.17) is 5.26 Å². The lowest BCUT2D eigenvalue weighted by atomic mass is 10.0. The Morgan fingerprint density at radius 2 is 2.23 bits per heavy atom. The minimum absolute atomic E-state index is 0.383. The zero-order valence-electron chi connectivity index (χ0n) is 8.80. The molecule has 1 unspecified atom stereocenters. The van der Waals surface area contributed by atoms with E-state index in [9.17, 15) is 0 Å². The summed E-state index contributed by atoms with van der Waals surface area (Å²) in [7, 11) is 2.10. The fourth-order valence-electron chi connectivity index (χ4n) is 1.66. The lowest BCUT2D eigenvalue weighted by Crippen LogP contribution is -2.49. The zero-order valence-corrected chi connectivity index (χ0v) is 8.80. The second kappa shape index (κ2) is 4.08. The Kier molecular flexibility index (Phi) is 3.29. The molecule has 1 N–H and O–H groups in total. The van der Waals surface area contributed by atoms with E-state index in [2.05, 4.69) is 23.3 Å². The van der Waals surface area contributed by atoms with Crippen LogP contribution in [0.3, 0.4) is 0 Å². The van der Waals surface area contributed by atoms with Crippen molar-refractivity contribution in [3.05, 3.63) is 0 Å². The van der Waals surface area contributed by atoms with E-state index in [-0.39, 0.29) is 5.54 Å². The number of hydrogen-bond acceptors (Lipinski definition) is 3. The van der Waals surface area contributed by atoms with Crippen molar-refractivity contribution in [1.29, 1.82) is 5.26 Å². The highest BCUT2D eigenvalue weighted by molar-refractivity contribution is 5.06. The summed E-state index contributed by atoms with van der Waals surface area (Å²) in [5.41, 5.74) is -0.383. The van der Waals surface area contributed by atoms with E-state index in [1.54, 1.807) is 0 Å². The van der Waals surface area contributed by atoms with Crippen LogP contribution in [0.5, 0.6) is 0 Å². The zero-order chi connectivity index (χ0) is 9.90. The molecule has 3 heteroatoms. The van der Waals surface area contributed by atoms with Crippen molar-refractivity contribution in [2.75, 3.05) is 20.1 Å². The molecule has 74 valence electrons. The summed E-state index contributed by atoms with van der Waals surface area (Å²) in [4.78, 5) is 2.28. The molecule has 13 heavy (non-hydrogen) atoms. The fraction of sp³-hybridized carbons (Fsp3) is 0.900. The third-order valence-corrected chi connectivity index (χ3v) is 2.55. The van der Waals surface area contributed by atoms with E-state index < -0.39 is 0 Å². The van der Waals surface area contributed by atoms with Crippen molar-refractivity contribution in [3.8, 4) is 6.07 Å². The molecule has 0 saturated heterocycles. The summed E-state index contributed by atoms with van der Waals surface area (Å²) in [6, 6.07) is 3.07. The molecule has 3 nitrogen and oxygen atoms in total. The van der Waals surface area contributed by atoms with Crippen LogP contribution < -0.4 is 5.32 Å². The van der Waals surface area contributed by atoms with Gasteiger partial charge in [-0.05, 0) is 33.4 Å². The maximum Gasteiger partial charge on any atom is 0.116 e. The standard InChI is InChI=1S/C10H19N3/c1-4-12-10(2,7-11)8-13(3)9-5-6-9/h9,12H,4-6,8H2,1-3H3. The molecule has 0 aromatic rings. The summed E-state index contributed by atoms with van der Waals surface area (Å²) in [6.07, 6.45) is 2.59. The van der Waals surface area contributed by atoms with Crippen molar-refractivity contribution >= 4 is 0 Å². The normalized spacial score (nSPS) is 21.2. The van der Waals surface area contributed by atoms with E-state index in [0.717, 1.165) is 19.1 Å². The minimum atomic E-state index is -0.383. The molecule has 1 aliphatic carbocycles. The van der Waals surface area contributed by atoms with Gasteiger partial charge in [-0.1, -0.05) is 6.92 Å². The highest BCUT2D eigenvalue weighted by atomic mass is 15.2. The van der Waals surface area contributed by atoms with Crippen LogP contribution in [0, 0.1) is 11.3 Å². The SMILES string of the molecule is CCNC(C)(C#N)CN(C)C1CC1. The summed E-state index contributed by atoms with van der Waals surface area (Å²) < 4.78 is 0. The second-order valence-corrected chi connectivity index (χ2v) is 4.12. The van der Waals surface area contributed by atoms with Gasteiger partial charge in [0, 0.05) is 12.6 Å². The van der Waals surface area contributed by atoms with Crippen LogP contribution in [0.25, 0.3) is 0 Å². The van der Waals surface area contributed by atoms with Crippen LogP contribution in [-0.2, 0) is 0 Å². The first-order valence-electron chi connectivity index (χ1n) is 4.98. The smallest absolute Gasteiger partial charge is 0.116 e. The molecule has 1 saturated carbocycles.